The lowest BCUT2D eigenvalue weighted by molar-refractivity contribution is 0.102. The third-order valence-electron chi connectivity index (χ3n) is 3.57. The number of amides is 1. The van der Waals surface area contributed by atoms with Crippen molar-refractivity contribution in [3.8, 4) is 0 Å². The summed E-state index contributed by atoms with van der Waals surface area (Å²) in [7, 11) is 0. The molecule has 106 valence electrons. The lowest BCUT2D eigenvalue weighted by Gasteiger charge is -2.07. The second-order valence-electron chi connectivity index (χ2n) is 5.29. The molecule has 1 N–H and O–H groups in total. The number of nitrogens with one attached hydrogen (secondary N) is 1. The molecule has 0 aliphatic rings. The molecule has 0 unspecified atom stereocenters. The van der Waals surface area contributed by atoms with Crippen molar-refractivity contribution in [2.45, 2.75) is 20.8 Å². The van der Waals surface area contributed by atoms with Gasteiger partial charge in [0.2, 0.25) is 0 Å². The number of pyridine rings is 1. The minimum absolute atomic E-state index is 0.188. The fourth-order valence-electron chi connectivity index (χ4n) is 2.31. The molecule has 0 radical (unpaired) electrons. The van der Waals surface area contributed by atoms with Gasteiger partial charge >= 0.3 is 0 Å². The molecule has 3 aromatic rings. The van der Waals surface area contributed by atoms with E-state index in [1.54, 1.807) is 6.20 Å². The van der Waals surface area contributed by atoms with Crippen LogP contribution in [0.5, 0.6) is 0 Å². The van der Waals surface area contributed by atoms with Gasteiger partial charge in [0, 0.05) is 17.6 Å². The second-order valence-corrected chi connectivity index (χ2v) is 5.29. The van der Waals surface area contributed by atoms with Crippen LogP contribution in [0.4, 0.5) is 5.69 Å². The summed E-state index contributed by atoms with van der Waals surface area (Å²) in [4.78, 5) is 16.7. The predicted octanol–water partition coefficient (Wildman–Crippen LogP) is 3.51. The molecular weight excluding hydrogens is 262 g/mol. The summed E-state index contributed by atoms with van der Waals surface area (Å²) >= 11 is 0. The predicted molar refractivity (Wildman–Crippen MR) is 83.8 cm³/mol. The van der Waals surface area contributed by atoms with Crippen LogP contribution in [0.3, 0.4) is 0 Å². The molecule has 0 bridgehead atoms. The minimum Gasteiger partial charge on any atom is -0.320 e. The van der Waals surface area contributed by atoms with Gasteiger partial charge in [-0.25, -0.2) is 4.98 Å². The van der Waals surface area contributed by atoms with Crippen molar-refractivity contribution < 1.29 is 4.79 Å². The number of hydrogen-bond donors (Lipinski definition) is 1. The first kappa shape index (κ1) is 13.4. The van der Waals surface area contributed by atoms with Crippen LogP contribution in [0.25, 0.3) is 5.65 Å². The van der Waals surface area contributed by atoms with Gasteiger partial charge in [-0.3, -0.25) is 4.79 Å². The average Bonchev–Trinajstić information content (AvgIpc) is 2.88. The largest absolute Gasteiger partial charge is 0.320 e. The molecule has 4 nitrogen and oxygen atoms in total. The van der Waals surface area contributed by atoms with Crippen molar-refractivity contribution in [1.29, 1.82) is 0 Å². The standard InChI is InChI=1S/C17H17N3O/c1-11-7-8-12(2)14(9-11)19-17(21)15-10-20-13(3)5-4-6-16(20)18-15/h4-10H,1-3H3,(H,19,21). The summed E-state index contributed by atoms with van der Waals surface area (Å²) in [6.07, 6.45) is 1.77. The van der Waals surface area contributed by atoms with E-state index >= 15 is 0 Å². The topological polar surface area (TPSA) is 46.4 Å². The monoisotopic (exact) mass is 279 g/mol. The van der Waals surface area contributed by atoms with Gasteiger partial charge in [0.1, 0.15) is 11.3 Å². The first-order chi connectivity index (χ1) is 10.0. The van der Waals surface area contributed by atoms with Gasteiger partial charge in [-0.15, -0.1) is 0 Å². The van der Waals surface area contributed by atoms with Gasteiger partial charge in [-0.1, -0.05) is 18.2 Å². The molecule has 2 heterocycles. The Kier molecular flexibility index (Phi) is 3.22. The number of benzene rings is 1. The Balaban J connectivity index is 1.93. The number of imidazole rings is 1. The third-order valence-corrected chi connectivity index (χ3v) is 3.57. The zero-order valence-electron chi connectivity index (χ0n) is 12.3. The second kappa shape index (κ2) is 5.05. The Morgan fingerprint density at radius 1 is 1.14 bits per heavy atom. The number of anilines is 1. The summed E-state index contributed by atoms with van der Waals surface area (Å²) < 4.78 is 1.91. The Morgan fingerprint density at radius 2 is 1.95 bits per heavy atom. The van der Waals surface area contributed by atoms with Gasteiger partial charge in [0.15, 0.2) is 0 Å². The normalized spacial score (nSPS) is 10.8. The van der Waals surface area contributed by atoms with Crippen LogP contribution >= 0.6 is 0 Å². The smallest absolute Gasteiger partial charge is 0.275 e. The molecule has 1 amide bonds. The Hall–Kier alpha value is -2.62. The number of nitrogens with zero attached hydrogens (tertiary/aromatic N) is 2. The highest BCUT2D eigenvalue weighted by Crippen LogP contribution is 2.17. The van der Waals surface area contributed by atoms with Gasteiger partial charge in [-0.05, 0) is 50.1 Å². The van der Waals surface area contributed by atoms with E-state index in [2.05, 4.69) is 10.3 Å². The van der Waals surface area contributed by atoms with E-state index in [4.69, 9.17) is 0 Å². The lowest BCUT2D eigenvalue weighted by Crippen LogP contribution is -2.13. The van der Waals surface area contributed by atoms with E-state index in [0.717, 1.165) is 28.2 Å². The number of aromatic nitrogens is 2. The van der Waals surface area contributed by atoms with E-state index in [1.807, 2.05) is 61.6 Å². The fraction of sp³-hybridized carbons (Fsp3) is 0.176. The Morgan fingerprint density at radius 3 is 2.71 bits per heavy atom. The number of carbonyl (C=O) groups excluding carboxylic acids is 1. The van der Waals surface area contributed by atoms with E-state index in [9.17, 15) is 4.79 Å². The highest BCUT2D eigenvalue weighted by atomic mass is 16.1. The summed E-state index contributed by atoms with van der Waals surface area (Å²) in [6, 6.07) is 11.8. The van der Waals surface area contributed by atoms with Crippen LogP contribution in [0.15, 0.2) is 42.6 Å². The molecule has 0 saturated heterocycles. The molecule has 2 aromatic heterocycles. The summed E-state index contributed by atoms with van der Waals surface area (Å²) in [6.45, 7) is 5.97. The Bertz CT molecular complexity index is 833. The maximum atomic E-state index is 12.4. The quantitative estimate of drug-likeness (QED) is 0.780. The van der Waals surface area contributed by atoms with Gasteiger partial charge in [-0.2, -0.15) is 0 Å². The first-order valence-electron chi connectivity index (χ1n) is 6.88. The van der Waals surface area contributed by atoms with Crippen molar-refractivity contribution in [3.63, 3.8) is 0 Å². The molecule has 0 aliphatic carbocycles. The SMILES string of the molecule is Cc1ccc(C)c(NC(=O)c2cn3c(C)cccc3n2)c1. The van der Waals surface area contributed by atoms with Crippen LogP contribution in [-0.4, -0.2) is 15.3 Å². The zero-order valence-corrected chi connectivity index (χ0v) is 12.3. The van der Waals surface area contributed by atoms with Crippen LogP contribution in [-0.2, 0) is 0 Å². The molecule has 1 aromatic carbocycles. The zero-order chi connectivity index (χ0) is 15.0. The lowest BCUT2D eigenvalue weighted by atomic mass is 10.1. The third kappa shape index (κ3) is 2.52. The summed E-state index contributed by atoms with van der Waals surface area (Å²) in [5, 5.41) is 2.93. The first-order valence-corrected chi connectivity index (χ1v) is 6.88. The van der Waals surface area contributed by atoms with E-state index < -0.39 is 0 Å². The highest BCUT2D eigenvalue weighted by Gasteiger charge is 2.12. The minimum atomic E-state index is -0.188. The number of hydrogen-bond acceptors (Lipinski definition) is 2. The van der Waals surface area contributed by atoms with Crippen molar-refractivity contribution in [2.75, 3.05) is 5.32 Å². The summed E-state index contributed by atoms with van der Waals surface area (Å²) in [5.74, 6) is -0.188. The number of carbonyl (C=O) groups is 1. The molecule has 3 rings (SSSR count). The van der Waals surface area contributed by atoms with E-state index in [-0.39, 0.29) is 5.91 Å². The molecule has 0 atom stereocenters. The molecule has 0 spiro atoms. The molecule has 0 aliphatic heterocycles. The number of aryl methyl sites for hydroxylation is 3. The van der Waals surface area contributed by atoms with Gasteiger partial charge in [0.05, 0.1) is 0 Å². The van der Waals surface area contributed by atoms with Crippen LogP contribution in [0.1, 0.15) is 27.3 Å². The fourth-order valence-corrected chi connectivity index (χ4v) is 2.31. The van der Waals surface area contributed by atoms with E-state index in [1.165, 1.54) is 0 Å². The van der Waals surface area contributed by atoms with Crippen LogP contribution < -0.4 is 5.32 Å². The molecular formula is C17H17N3O. The van der Waals surface area contributed by atoms with Crippen molar-refractivity contribution in [2.24, 2.45) is 0 Å². The van der Waals surface area contributed by atoms with Gasteiger partial charge in [0.25, 0.3) is 5.91 Å². The van der Waals surface area contributed by atoms with Crippen molar-refractivity contribution in [1.82, 2.24) is 9.38 Å². The maximum Gasteiger partial charge on any atom is 0.275 e. The van der Waals surface area contributed by atoms with Gasteiger partial charge < -0.3 is 9.72 Å². The van der Waals surface area contributed by atoms with Crippen molar-refractivity contribution in [3.05, 3.63) is 65.1 Å². The van der Waals surface area contributed by atoms with Crippen LogP contribution in [0, 0.1) is 20.8 Å². The number of fused-ring (bicyclic) bond motifs is 1. The number of rotatable bonds is 2. The molecule has 4 heteroatoms. The Labute approximate surface area is 123 Å². The van der Waals surface area contributed by atoms with Crippen LogP contribution in [0.2, 0.25) is 0 Å². The average molecular weight is 279 g/mol. The maximum absolute atomic E-state index is 12.4. The summed E-state index contributed by atoms with van der Waals surface area (Å²) in [5.41, 5.74) is 5.22. The van der Waals surface area contributed by atoms with Crippen molar-refractivity contribution >= 4 is 17.2 Å². The van der Waals surface area contributed by atoms with E-state index in [0.29, 0.717) is 5.69 Å². The molecule has 21 heavy (non-hydrogen) atoms. The molecule has 0 saturated carbocycles. The molecule has 0 fully saturated rings. The highest BCUT2D eigenvalue weighted by molar-refractivity contribution is 6.03.